The van der Waals surface area contributed by atoms with Gasteiger partial charge in [-0.15, -0.1) is 11.3 Å². The Bertz CT molecular complexity index is 338. The van der Waals surface area contributed by atoms with Crippen molar-refractivity contribution < 1.29 is 0 Å². The molecule has 1 fully saturated rings. The predicted octanol–water partition coefficient (Wildman–Crippen LogP) is 3.07. The maximum atomic E-state index is 5.99. The van der Waals surface area contributed by atoms with Gasteiger partial charge in [-0.2, -0.15) is 0 Å². The molecule has 2 rings (SSSR count). The molecule has 1 aliphatic heterocycles. The Hall–Kier alpha value is 0.100. The van der Waals surface area contributed by atoms with Gasteiger partial charge in [0.15, 0.2) is 0 Å². The standard InChI is InChI=1S/C12H19BrN2S/c1-9(14)11-3-2-4-15(7-11)6-10-5-12(13)16-8-10/h5,8-9,11H,2-4,6-7,14H2,1H3. The van der Waals surface area contributed by atoms with E-state index in [1.165, 1.54) is 28.7 Å². The zero-order chi connectivity index (χ0) is 11.5. The van der Waals surface area contributed by atoms with Gasteiger partial charge in [0.05, 0.1) is 3.79 Å². The molecule has 0 aromatic carbocycles. The van der Waals surface area contributed by atoms with Crippen molar-refractivity contribution in [2.24, 2.45) is 11.7 Å². The van der Waals surface area contributed by atoms with Crippen molar-refractivity contribution in [1.82, 2.24) is 4.90 Å². The van der Waals surface area contributed by atoms with Crippen molar-refractivity contribution in [2.45, 2.75) is 32.4 Å². The second-order valence-electron chi connectivity index (χ2n) is 4.76. The zero-order valence-corrected chi connectivity index (χ0v) is 12.1. The number of nitrogens with two attached hydrogens (primary N) is 1. The van der Waals surface area contributed by atoms with Crippen LogP contribution in [0.4, 0.5) is 0 Å². The third-order valence-corrected chi connectivity index (χ3v) is 4.87. The smallest absolute Gasteiger partial charge is 0.0701 e. The molecule has 0 amide bonds. The zero-order valence-electron chi connectivity index (χ0n) is 9.66. The molecular weight excluding hydrogens is 284 g/mol. The van der Waals surface area contributed by atoms with Crippen LogP contribution >= 0.6 is 27.3 Å². The van der Waals surface area contributed by atoms with Crippen LogP contribution in [0.25, 0.3) is 0 Å². The van der Waals surface area contributed by atoms with Crippen LogP contribution in [0.3, 0.4) is 0 Å². The lowest BCUT2D eigenvalue weighted by atomic mass is 9.92. The SMILES string of the molecule is CC(N)C1CCCN(Cc2csc(Br)c2)C1. The van der Waals surface area contributed by atoms with Gasteiger partial charge in [0, 0.05) is 19.1 Å². The second kappa shape index (κ2) is 5.63. The lowest BCUT2D eigenvalue weighted by molar-refractivity contribution is 0.154. The van der Waals surface area contributed by atoms with Crippen molar-refractivity contribution in [3.8, 4) is 0 Å². The molecule has 1 aliphatic rings. The first-order valence-corrected chi connectivity index (χ1v) is 7.53. The summed E-state index contributed by atoms with van der Waals surface area (Å²) in [6.07, 6.45) is 2.58. The number of thiophene rings is 1. The minimum Gasteiger partial charge on any atom is -0.328 e. The largest absolute Gasteiger partial charge is 0.328 e. The first-order valence-electron chi connectivity index (χ1n) is 5.86. The highest BCUT2D eigenvalue weighted by Crippen LogP contribution is 2.24. The second-order valence-corrected chi connectivity index (χ2v) is 7.05. The van der Waals surface area contributed by atoms with Gasteiger partial charge in [0.2, 0.25) is 0 Å². The van der Waals surface area contributed by atoms with Gasteiger partial charge in [0.25, 0.3) is 0 Å². The van der Waals surface area contributed by atoms with Crippen LogP contribution in [-0.4, -0.2) is 24.0 Å². The van der Waals surface area contributed by atoms with E-state index < -0.39 is 0 Å². The van der Waals surface area contributed by atoms with Crippen molar-refractivity contribution in [3.63, 3.8) is 0 Å². The van der Waals surface area contributed by atoms with E-state index in [4.69, 9.17) is 5.73 Å². The Morgan fingerprint density at radius 2 is 2.50 bits per heavy atom. The molecule has 0 spiro atoms. The fourth-order valence-electron chi connectivity index (χ4n) is 2.35. The molecule has 90 valence electrons. The van der Waals surface area contributed by atoms with Crippen molar-refractivity contribution in [3.05, 3.63) is 20.8 Å². The average molecular weight is 303 g/mol. The van der Waals surface area contributed by atoms with E-state index in [0.29, 0.717) is 12.0 Å². The number of rotatable bonds is 3. The Kier molecular flexibility index (Phi) is 4.41. The Morgan fingerprint density at radius 3 is 3.12 bits per heavy atom. The molecule has 0 radical (unpaired) electrons. The number of hydrogen-bond donors (Lipinski definition) is 1. The molecule has 2 nitrogen and oxygen atoms in total. The molecule has 2 heterocycles. The number of likely N-dealkylation sites (tertiary alicyclic amines) is 1. The van der Waals surface area contributed by atoms with E-state index in [9.17, 15) is 0 Å². The molecular formula is C12H19BrN2S. The molecule has 0 aliphatic carbocycles. The van der Waals surface area contributed by atoms with Gasteiger partial charge in [0.1, 0.15) is 0 Å². The van der Waals surface area contributed by atoms with E-state index in [2.05, 4.69) is 39.2 Å². The summed E-state index contributed by atoms with van der Waals surface area (Å²) in [5.41, 5.74) is 7.41. The number of piperidine rings is 1. The van der Waals surface area contributed by atoms with Gasteiger partial charge in [-0.1, -0.05) is 0 Å². The molecule has 2 N–H and O–H groups in total. The van der Waals surface area contributed by atoms with Crippen LogP contribution in [0.2, 0.25) is 0 Å². The molecule has 0 saturated carbocycles. The van der Waals surface area contributed by atoms with E-state index in [1.54, 1.807) is 11.3 Å². The monoisotopic (exact) mass is 302 g/mol. The summed E-state index contributed by atoms with van der Waals surface area (Å²) in [7, 11) is 0. The lowest BCUT2D eigenvalue weighted by Gasteiger charge is -2.34. The van der Waals surface area contributed by atoms with Crippen LogP contribution in [0.1, 0.15) is 25.3 Å². The number of halogens is 1. The summed E-state index contributed by atoms with van der Waals surface area (Å²) in [5, 5.41) is 2.24. The van der Waals surface area contributed by atoms with Gasteiger partial charge >= 0.3 is 0 Å². The summed E-state index contributed by atoms with van der Waals surface area (Å²) in [6.45, 7) is 5.59. The highest BCUT2D eigenvalue weighted by Gasteiger charge is 2.22. The van der Waals surface area contributed by atoms with Gasteiger partial charge in [-0.05, 0) is 65.2 Å². The van der Waals surface area contributed by atoms with E-state index in [-0.39, 0.29) is 0 Å². The highest BCUT2D eigenvalue weighted by molar-refractivity contribution is 9.11. The van der Waals surface area contributed by atoms with Crippen molar-refractivity contribution >= 4 is 27.3 Å². The fourth-order valence-corrected chi connectivity index (χ4v) is 3.55. The first-order chi connectivity index (χ1) is 7.65. The maximum Gasteiger partial charge on any atom is 0.0701 e. The molecule has 1 aromatic rings. The minimum absolute atomic E-state index is 0.331. The third-order valence-electron chi connectivity index (χ3n) is 3.31. The van der Waals surface area contributed by atoms with Gasteiger partial charge in [-0.3, -0.25) is 4.90 Å². The molecule has 4 heteroatoms. The van der Waals surface area contributed by atoms with Gasteiger partial charge in [-0.25, -0.2) is 0 Å². The lowest BCUT2D eigenvalue weighted by Crippen LogP contribution is -2.41. The topological polar surface area (TPSA) is 29.3 Å². The predicted molar refractivity (Wildman–Crippen MR) is 73.7 cm³/mol. The summed E-state index contributed by atoms with van der Waals surface area (Å²) in [5.74, 6) is 0.677. The third kappa shape index (κ3) is 3.29. The minimum atomic E-state index is 0.331. The van der Waals surface area contributed by atoms with Crippen molar-refractivity contribution in [1.29, 1.82) is 0 Å². The van der Waals surface area contributed by atoms with E-state index in [0.717, 1.165) is 13.1 Å². The fraction of sp³-hybridized carbons (Fsp3) is 0.667. The van der Waals surface area contributed by atoms with Crippen LogP contribution in [0.5, 0.6) is 0 Å². The maximum absolute atomic E-state index is 5.99. The molecule has 2 atom stereocenters. The van der Waals surface area contributed by atoms with Crippen LogP contribution in [0, 0.1) is 5.92 Å². The summed E-state index contributed by atoms with van der Waals surface area (Å²) in [6, 6.07) is 2.55. The van der Waals surface area contributed by atoms with Crippen LogP contribution in [0.15, 0.2) is 15.2 Å². The van der Waals surface area contributed by atoms with Crippen LogP contribution in [-0.2, 0) is 6.54 Å². The quantitative estimate of drug-likeness (QED) is 0.930. The van der Waals surface area contributed by atoms with Gasteiger partial charge < -0.3 is 5.73 Å². The van der Waals surface area contributed by atoms with E-state index >= 15 is 0 Å². The molecule has 16 heavy (non-hydrogen) atoms. The van der Waals surface area contributed by atoms with Crippen LogP contribution < -0.4 is 5.73 Å². The Balaban J connectivity index is 1.90. The summed E-state index contributed by atoms with van der Waals surface area (Å²) >= 11 is 5.28. The normalized spacial score (nSPS) is 24.6. The Morgan fingerprint density at radius 1 is 1.69 bits per heavy atom. The summed E-state index contributed by atoms with van der Waals surface area (Å²) < 4.78 is 1.23. The summed E-state index contributed by atoms with van der Waals surface area (Å²) in [4.78, 5) is 2.53. The highest BCUT2D eigenvalue weighted by atomic mass is 79.9. The Labute approximate surface area is 110 Å². The molecule has 2 unspecified atom stereocenters. The number of hydrogen-bond acceptors (Lipinski definition) is 3. The van der Waals surface area contributed by atoms with E-state index in [1.807, 2.05) is 0 Å². The van der Waals surface area contributed by atoms with Crippen molar-refractivity contribution in [2.75, 3.05) is 13.1 Å². The molecule has 1 saturated heterocycles. The number of nitrogens with zero attached hydrogens (tertiary/aromatic N) is 1. The molecule has 1 aromatic heterocycles. The average Bonchev–Trinajstić information content (AvgIpc) is 2.64. The first kappa shape index (κ1) is 12.6. The molecule has 0 bridgehead atoms.